The Morgan fingerprint density at radius 3 is 2.67 bits per heavy atom. The quantitative estimate of drug-likeness (QED) is 0.803. The van der Waals surface area contributed by atoms with E-state index in [0.717, 1.165) is 0 Å². The first-order chi connectivity index (χ1) is 9.97. The number of carbonyl (C=O) groups excluding carboxylic acids is 1. The van der Waals surface area contributed by atoms with Gasteiger partial charge in [0, 0.05) is 13.0 Å². The molecule has 1 saturated carbocycles. The van der Waals surface area contributed by atoms with Gasteiger partial charge in [-0.15, -0.1) is 0 Å². The molecule has 2 rings (SSSR count). The molecule has 1 aromatic rings. The molecule has 0 aromatic heterocycles. The number of aliphatic carboxylic acids is 1. The van der Waals surface area contributed by atoms with Crippen molar-refractivity contribution in [2.75, 3.05) is 13.7 Å². The molecule has 2 N–H and O–H groups in total. The molecule has 114 valence electrons. The number of ether oxygens (including phenoxy) is 1. The maximum atomic E-state index is 13.5. The van der Waals surface area contributed by atoms with Crippen LogP contribution in [0.2, 0.25) is 0 Å². The maximum absolute atomic E-state index is 13.5. The van der Waals surface area contributed by atoms with Crippen molar-refractivity contribution in [1.29, 1.82) is 0 Å². The summed E-state index contributed by atoms with van der Waals surface area (Å²) in [5.41, 5.74) is -0.0650. The number of carboxylic acids is 1. The molecule has 6 heteroatoms. The molecular formula is C15H18FNO4. The second-order valence-electron chi connectivity index (χ2n) is 5.33. The molecule has 0 saturated heterocycles. The number of carbonyl (C=O) groups is 2. The van der Waals surface area contributed by atoms with E-state index in [0.29, 0.717) is 24.8 Å². The fourth-order valence-corrected chi connectivity index (χ4v) is 2.10. The Balaban J connectivity index is 1.79. The van der Waals surface area contributed by atoms with E-state index in [1.807, 2.05) is 0 Å². The molecular weight excluding hydrogens is 277 g/mol. The van der Waals surface area contributed by atoms with Crippen molar-refractivity contribution in [3.05, 3.63) is 29.6 Å². The van der Waals surface area contributed by atoms with E-state index >= 15 is 0 Å². The molecule has 1 aliphatic carbocycles. The number of hydrogen-bond acceptors (Lipinski definition) is 3. The highest BCUT2D eigenvalue weighted by molar-refractivity contribution is 5.81. The topological polar surface area (TPSA) is 75.6 Å². The van der Waals surface area contributed by atoms with Crippen molar-refractivity contribution in [3.8, 4) is 5.75 Å². The van der Waals surface area contributed by atoms with Gasteiger partial charge in [-0.05, 0) is 37.0 Å². The zero-order valence-corrected chi connectivity index (χ0v) is 11.8. The summed E-state index contributed by atoms with van der Waals surface area (Å²) < 4.78 is 18.3. The molecule has 0 radical (unpaired) electrons. The molecule has 0 atom stereocenters. The number of amides is 1. The zero-order valence-electron chi connectivity index (χ0n) is 11.8. The lowest BCUT2D eigenvalue weighted by atomic mass is 10.1. The van der Waals surface area contributed by atoms with Crippen molar-refractivity contribution in [2.45, 2.75) is 25.7 Å². The van der Waals surface area contributed by atoms with Gasteiger partial charge < -0.3 is 15.2 Å². The van der Waals surface area contributed by atoms with Crippen molar-refractivity contribution >= 4 is 11.9 Å². The molecule has 5 nitrogen and oxygen atoms in total. The molecule has 1 fully saturated rings. The van der Waals surface area contributed by atoms with Crippen LogP contribution >= 0.6 is 0 Å². The maximum Gasteiger partial charge on any atom is 0.311 e. The highest BCUT2D eigenvalue weighted by Crippen LogP contribution is 2.45. The highest BCUT2D eigenvalue weighted by atomic mass is 19.1. The Labute approximate surface area is 122 Å². The van der Waals surface area contributed by atoms with Crippen LogP contribution in [0.3, 0.4) is 0 Å². The highest BCUT2D eigenvalue weighted by Gasteiger charge is 2.50. The number of carboxylic acid groups (broad SMARTS) is 1. The molecule has 0 unspecified atom stereocenters. The number of hydrogen-bond donors (Lipinski definition) is 2. The summed E-state index contributed by atoms with van der Waals surface area (Å²) in [6.07, 6.45) is 1.80. The number of benzene rings is 1. The van der Waals surface area contributed by atoms with Gasteiger partial charge in [0.15, 0.2) is 11.6 Å². The molecule has 0 spiro atoms. The van der Waals surface area contributed by atoms with Crippen LogP contribution in [0.1, 0.15) is 24.8 Å². The van der Waals surface area contributed by atoms with Gasteiger partial charge in [-0.3, -0.25) is 9.59 Å². The monoisotopic (exact) mass is 295 g/mol. The van der Waals surface area contributed by atoms with Crippen LogP contribution in [0.25, 0.3) is 0 Å². The molecule has 0 heterocycles. The van der Waals surface area contributed by atoms with E-state index < -0.39 is 17.2 Å². The molecule has 0 bridgehead atoms. The molecule has 1 amide bonds. The van der Waals surface area contributed by atoms with Gasteiger partial charge in [0.05, 0.1) is 12.5 Å². The SMILES string of the molecule is COc1ccc(CCC(=O)NCC2(C(=O)O)CC2)cc1F. The number of halogens is 1. The zero-order chi connectivity index (χ0) is 15.5. The predicted molar refractivity (Wildman–Crippen MR) is 73.6 cm³/mol. The summed E-state index contributed by atoms with van der Waals surface area (Å²) in [4.78, 5) is 22.7. The lowest BCUT2D eigenvalue weighted by Gasteiger charge is -2.11. The average Bonchev–Trinajstić information content (AvgIpc) is 3.24. The second-order valence-corrected chi connectivity index (χ2v) is 5.33. The number of rotatable bonds is 7. The Kier molecular flexibility index (Phi) is 4.45. The van der Waals surface area contributed by atoms with Crippen LogP contribution in [0.5, 0.6) is 5.75 Å². The first kappa shape index (κ1) is 15.3. The van der Waals surface area contributed by atoms with Crippen molar-refractivity contribution in [2.24, 2.45) is 5.41 Å². The van der Waals surface area contributed by atoms with E-state index in [-0.39, 0.29) is 24.6 Å². The fourth-order valence-electron chi connectivity index (χ4n) is 2.10. The standard InChI is InChI=1S/C15H18FNO4/c1-21-12-4-2-10(8-11(12)16)3-5-13(18)17-9-15(6-7-15)14(19)20/h2,4,8H,3,5-7,9H2,1H3,(H,17,18)(H,19,20). The third kappa shape index (κ3) is 3.71. The van der Waals surface area contributed by atoms with E-state index in [4.69, 9.17) is 9.84 Å². The van der Waals surface area contributed by atoms with Gasteiger partial charge in [-0.25, -0.2) is 4.39 Å². The fraction of sp³-hybridized carbons (Fsp3) is 0.467. The minimum absolute atomic E-state index is 0.165. The average molecular weight is 295 g/mol. The Bertz CT molecular complexity index is 555. The third-order valence-corrected chi connectivity index (χ3v) is 3.79. The third-order valence-electron chi connectivity index (χ3n) is 3.79. The summed E-state index contributed by atoms with van der Waals surface area (Å²) in [5, 5.41) is 11.6. The number of aryl methyl sites for hydroxylation is 1. The predicted octanol–water partition coefficient (Wildman–Crippen LogP) is 1.75. The van der Waals surface area contributed by atoms with Gasteiger partial charge in [0.25, 0.3) is 0 Å². The molecule has 1 aliphatic rings. The summed E-state index contributed by atoms with van der Waals surface area (Å²) in [7, 11) is 1.39. The lowest BCUT2D eigenvalue weighted by molar-refractivity contribution is -0.143. The first-order valence-electron chi connectivity index (χ1n) is 6.79. The second kappa shape index (κ2) is 6.11. The van der Waals surface area contributed by atoms with Crippen molar-refractivity contribution in [3.63, 3.8) is 0 Å². The Morgan fingerprint density at radius 1 is 1.43 bits per heavy atom. The van der Waals surface area contributed by atoms with Crippen LogP contribution in [0, 0.1) is 11.2 Å². The van der Waals surface area contributed by atoms with E-state index in [9.17, 15) is 14.0 Å². The van der Waals surface area contributed by atoms with Gasteiger partial charge in [-0.2, -0.15) is 0 Å². The van der Waals surface area contributed by atoms with Crippen LogP contribution in [-0.2, 0) is 16.0 Å². The molecule has 21 heavy (non-hydrogen) atoms. The Hall–Kier alpha value is -2.11. The van der Waals surface area contributed by atoms with Crippen LogP contribution in [0.4, 0.5) is 4.39 Å². The summed E-state index contributed by atoms with van der Waals surface area (Å²) in [5.74, 6) is -1.38. The first-order valence-corrected chi connectivity index (χ1v) is 6.79. The number of methoxy groups -OCH3 is 1. The smallest absolute Gasteiger partial charge is 0.311 e. The molecule has 1 aromatic carbocycles. The summed E-state index contributed by atoms with van der Waals surface area (Å²) in [6.45, 7) is 0.165. The van der Waals surface area contributed by atoms with Gasteiger partial charge in [-0.1, -0.05) is 6.07 Å². The van der Waals surface area contributed by atoms with Crippen LogP contribution < -0.4 is 10.1 Å². The minimum Gasteiger partial charge on any atom is -0.494 e. The van der Waals surface area contributed by atoms with E-state index in [1.165, 1.54) is 19.2 Å². The largest absolute Gasteiger partial charge is 0.494 e. The van der Waals surface area contributed by atoms with Crippen molar-refractivity contribution < 1.29 is 23.8 Å². The minimum atomic E-state index is -0.861. The van der Waals surface area contributed by atoms with Gasteiger partial charge in [0.2, 0.25) is 5.91 Å². The number of nitrogens with one attached hydrogen (secondary N) is 1. The summed E-state index contributed by atoms with van der Waals surface area (Å²) >= 11 is 0. The van der Waals surface area contributed by atoms with Crippen molar-refractivity contribution in [1.82, 2.24) is 5.32 Å². The van der Waals surface area contributed by atoms with E-state index in [2.05, 4.69) is 5.32 Å². The summed E-state index contributed by atoms with van der Waals surface area (Å²) in [6, 6.07) is 4.56. The normalized spacial score (nSPS) is 15.3. The van der Waals surface area contributed by atoms with Gasteiger partial charge >= 0.3 is 5.97 Å². The van der Waals surface area contributed by atoms with Crippen LogP contribution in [0.15, 0.2) is 18.2 Å². The Morgan fingerprint density at radius 2 is 2.14 bits per heavy atom. The van der Waals surface area contributed by atoms with E-state index in [1.54, 1.807) is 6.07 Å². The lowest BCUT2D eigenvalue weighted by Crippen LogP contribution is -2.34. The van der Waals surface area contributed by atoms with Crippen LogP contribution in [-0.4, -0.2) is 30.6 Å². The molecule has 0 aliphatic heterocycles. The van der Waals surface area contributed by atoms with Gasteiger partial charge in [0.1, 0.15) is 0 Å².